The first-order valence-electron chi connectivity index (χ1n) is 7.56. The fraction of sp³-hybridized carbons (Fsp3) is 0.562. The van der Waals surface area contributed by atoms with E-state index in [4.69, 9.17) is 0 Å². The quantitative estimate of drug-likeness (QED) is 0.712. The van der Waals surface area contributed by atoms with Crippen molar-refractivity contribution < 1.29 is 9.90 Å². The zero-order chi connectivity index (χ0) is 15.1. The van der Waals surface area contributed by atoms with Crippen molar-refractivity contribution in [2.75, 3.05) is 18.4 Å². The van der Waals surface area contributed by atoms with Gasteiger partial charge in [-0.2, -0.15) is 0 Å². The molecule has 3 N–H and O–H groups in total. The van der Waals surface area contributed by atoms with Gasteiger partial charge < -0.3 is 15.7 Å². The molecule has 21 heavy (non-hydrogen) atoms. The number of carbonyl (C=O) groups excluding carboxylic acids is 1. The summed E-state index contributed by atoms with van der Waals surface area (Å²) >= 11 is 3.36. The molecule has 0 aliphatic heterocycles. The number of rotatable bonds is 5. The van der Waals surface area contributed by atoms with Crippen molar-refractivity contribution in [2.45, 2.75) is 44.1 Å². The van der Waals surface area contributed by atoms with Crippen molar-refractivity contribution in [2.24, 2.45) is 0 Å². The maximum Gasteiger partial charge on any atom is 0.238 e. The van der Waals surface area contributed by atoms with Crippen LogP contribution in [0.1, 0.15) is 38.5 Å². The first kappa shape index (κ1) is 16.5. The lowest BCUT2D eigenvalue weighted by Gasteiger charge is -2.26. The lowest BCUT2D eigenvalue weighted by molar-refractivity contribution is -0.115. The Kier molecular flexibility index (Phi) is 6.21. The van der Waals surface area contributed by atoms with Gasteiger partial charge in [-0.05, 0) is 37.1 Å². The number of amides is 1. The molecule has 1 saturated carbocycles. The van der Waals surface area contributed by atoms with Gasteiger partial charge in [0.25, 0.3) is 0 Å². The summed E-state index contributed by atoms with van der Waals surface area (Å²) in [7, 11) is 0. The summed E-state index contributed by atoms with van der Waals surface area (Å²) in [6, 6.07) is 7.47. The van der Waals surface area contributed by atoms with Crippen LogP contribution < -0.4 is 10.6 Å². The molecule has 1 fully saturated rings. The largest absolute Gasteiger partial charge is 0.389 e. The molecule has 1 aliphatic rings. The molecule has 0 radical (unpaired) electrons. The van der Waals surface area contributed by atoms with Crippen LogP contribution in [0.2, 0.25) is 0 Å². The van der Waals surface area contributed by atoms with Crippen molar-refractivity contribution in [1.29, 1.82) is 0 Å². The zero-order valence-corrected chi connectivity index (χ0v) is 13.8. The second kappa shape index (κ2) is 7.92. The predicted octanol–water partition coefficient (Wildman–Crippen LogP) is 3.06. The molecule has 116 valence electrons. The minimum atomic E-state index is -0.644. The van der Waals surface area contributed by atoms with E-state index in [-0.39, 0.29) is 12.5 Å². The van der Waals surface area contributed by atoms with Crippen LogP contribution in [0.4, 0.5) is 5.69 Å². The Hall–Kier alpha value is -0.910. The molecule has 0 heterocycles. The molecule has 1 aromatic rings. The summed E-state index contributed by atoms with van der Waals surface area (Å²) in [4.78, 5) is 11.8. The van der Waals surface area contributed by atoms with Gasteiger partial charge in [0.05, 0.1) is 12.1 Å². The number of hydrogen-bond donors (Lipinski definition) is 3. The third kappa shape index (κ3) is 5.77. The predicted molar refractivity (Wildman–Crippen MR) is 88.3 cm³/mol. The van der Waals surface area contributed by atoms with E-state index < -0.39 is 5.60 Å². The van der Waals surface area contributed by atoms with Crippen LogP contribution in [0.25, 0.3) is 0 Å². The first-order valence-corrected chi connectivity index (χ1v) is 8.35. The number of aliphatic hydroxyl groups is 1. The van der Waals surface area contributed by atoms with Crippen LogP contribution in [0.3, 0.4) is 0 Å². The van der Waals surface area contributed by atoms with Crippen LogP contribution in [-0.2, 0) is 4.79 Å². The number of carbonyl (C=O) groups is 1. The van der Waals surface area contributed by atoms with Gasteiger partial charge in [0.1, 0.15) is 0 Å². The van der Waals surface area contributed by atoms with Crippen LogP contribution in [0, 0.1) is 0 Å². The van der Waals surface area contributed by atoms with E-state index in [1.165, 1.54) is 12.8 Å². The number of hydrogen-bond acceptors (Lipinski definition) is 3. The normalized spacial score (nSPS) is 18.0. The highest BCUT2D eigenvalue weighted by molar-refractivity contribution is 9.10. The Morgan fingerprint density at radius 3 is 2.38 bits per heavy atom. The highest BCUT2D eigenvalue weighted by Crippen LogP contribution is 2.26. The molecule has 0 bridgehead atoms. The van der Waals surface area contributed by atoms with E-state index in [9.17, 15) is 9.90 Å². The molecule has 0 spiro atoms. The highest BCUT2D eigenvalue weighted by atomic mass is 79.9. The van der Waals surface area contributed by atoms with E-state index in [2.05, 4.69) is 26.6 Å². The van der Waals surface area contributed by atoms with E-state index in [0.717, 1.165) is 35.8 Å². The van der Waals surface area contributed by atoms with Gasteiger partial charge in [-0.3, -0.25) is 4.79 Å². The summed E-state index contributed by atoms with van der Waals surface area (Å²) in [6.07, 6.45) is 6.20. The lowest BCUT2D eigenvalue weighted by Crippen LogP contribution is -2.42. The molecule has 0 aromatic heterocycles. The Balaban J connectivity index is 1.72. The molecular weight excluding hydrogens is 332 g/mol. The van der Waals surface area contributed by atoms with Crippen LogP contribution in [0.15, 0.2) is 28.7 Å². The molecule has 5 heteroatoms. The summed E-state index contributed by atoms with van der Waals surface area (Å²) in [5, 5.41) is 16.4. The van der Waals surface area contributed by atoms with Crippen molar-refractivity contribution >= 4 is 27.5 Å². The van der Waals surface area contributed by atoms with Crippen LogP contribution in [0.5, 0.6) is 0 Å². The molecule has 1 amide bonds. The maximum atomic E-state index is 11.8. The molecule has 0 saturated heterocycles. The third-order valence-corrected chi connectivity index (χ3v) is 4.43. The van der Waals surface area contributed by atoms with Crippen molar-refractivity contribution in [3.63, 3.8) is 0 Å². The molecular formula is C16H23BrN2O2. The molecule has 0 atom stereocenters. The molecule has 2 rings (SSSR count). The van der Waals surface area contributed by atoms with Gasteiger partial charge in [0.2, 0.25) is 5.91 Å². The van der Waals surface area contributed by atoms with Crippen LogP contribution >= 0.6 is 15.9 Å². The topological polar surface area (TPSA) is 61.4 Å². The zero-order valence-electron chi connectivity index (χ0n) is 12.2. The van der Waals surface area contributed by atoms with Gasteiger partial charge in [-0.1, -0.05) is 41.6 Å². The summed E-state index contributed by atoms with van der Waals surface area (Å²) in [5.41, 5.74) is 0.132. The Morgan fingerprint density at radius 2 is 1.76 bits per heavy atom. The van der Waals surface area contributed by atoms with Gasteiger partial charge in [-0.15, -0.1) is 0 Å². The standard InChI is InChI=1S/C16H23BrN2O2/c17-13-5-7-14(8-6-13)19-15(20)11-18-12-16(21)9-3-1-2-4-10-16/h5-8,18,21H,1-4,9-12H2,(H,19,20). The monoisotopic (exact) mass is 354 g/mol. The summed E-state index contributed by atoms with van der Waals surface area (Å²) in [6.45, 7) is 0.707. The van der Waals surface area contributed by atoms with Gasteiger partial charge in [0.15, 0.2) is 0 Å². The minimum absolute atomic E-state index is 0.0884. The Bertz CT molecular complexity index is 454. The number of benzene rings is 1. The van der Waals surface area contributed by atoms with Gasteiger partial charge >= 0.3 is 0 Å². The third-order valence-electron chi connectivity index (χ3n) is 3.90. The maximum absolute atomic E-state index is 11.8. The second-order valence-electron chi connectivity index (χ2n) is 5.80. The van der Waals surface area contributed by atoms with Crippen molar-refractivity contribution in [1.82, 2.24) is 5.32 Å². The molecule has 4 nitrogen and oxygen atoms in total. The van der Waals surface area contributed by atoms with E-state index in [1.54, 1.807) is 0 Å². The SMILES string of the molecule is O=C(CNCC1(O)CCCCCC1)Nc1ccc(Br)cc1. The fourth-order valence-corrected chi connectivity index (χ4v) is 2.97. The number of anilines is 1. The molecule has 1 aromatic carbocycles. The summed E-state index contributed by atoms with van der Waals surface area (Å²) < 4.78 is 0.981. The number of nitrogens with one attached hydrogen (secondary N) is 2. The second-order valence-corrected chi connectivity index (χ2v) is 6.71. The Morgan fingerprint density at radius 1 is 1.14 bits per heavy atom. The first-order chi connectivity index (χ1) is 10.1. The average Bonchev–Trinajstić information content (AvgIpc) is 2.66. The van der Waals surface area contributed by atoms with Crippen molar-refractivity contribution in [3.8, 4) is 0 Å². The molecule has 0 unspecified atom stereocenters. The lowest BCUT2D eigenvalue weighted by atomic mass is 9.94. The smallest absolute Gasteiger partial charge is 0.238 e. The van der Waals surface area contributed by atoms with E-state index >= 15 is 0 Å². The van der Waals surface area contributed by atoms with Gasteiger partial charge in [-0.25, -0.2) is 0 Å². The van der Waals surface area contributed by atoms with E-state index in [0.29, 0.717) is 6.54 Å². The Labute approximate surface area is 134 Å². The van der Waals surface area contributed by atoms with Gasteiger partial charge in [0, 0.05) is 16.7 Å². The fourth-order valence-electron chi connectivity index (χ4n) is 2.71. The minimum Gasteiger partial charge on any atom is -0.389 e. The van der Waals surface area contributed by atoms with Crippen molar-refractivity contribution in [3.05, 3.63) is 28.7 Å². The average molecular weight is 355 g/mol. The summed E-state index contributed by atoms with van der Waals surface area (Å²) in [5.74, 6) is -0.0884. The van der Waals surface area contributed by atoms with Crippen LogP contribution in [-0.4, -0.2) is 29.7 Å². The highest BCUT2D eigenvalue weighted by Gasteiger charge is 2.27. The molecule has 1 aliphatic carbocycles. The number of halogens is 1. The van der Waals surface area contributed by atoms with E-state index in [1.807, 2.05) is 24.3 Å².